The highest BCUT2D eigenvalue weighted by Gasteiger charge is 2.45. The van der Waals surface area contributed by atoms with Gasteiger partial charge in [0.1, 0.15) is 48.3 Å². The first kappa shape index (κ1) is 58.1. The lowest BCUT2D eigenvalue weighted by Crippen LogP contribution is -2.62. The van der Waals surface area contributed by atoms with Crippen LogP contribution < -0.4 is 54.0 Å². The van der Waals surface area contributed by atoms with E-state index in [1.807, 2.05) is 0 Å². The molecule has 3 aliphatic rings. The Morgan fingerprint density at radius 1 is 0.878 bits per heavy atom. The van der Waals surface area contributed by atoms with E-state index >= 15 is 0 Å². The summed E-state index contributed by atoms with van der Waals surface area (Å²) < 4.78 is 20.0. The molecule has 74 heavy (non-hydrogen) atoms. The van der Waals surface area contributed by atoms with Crippen molar-refractivity contribution < 1.29 is 72.6 Å². The zero-order valence-electron chi connectivity index (χ0n) is 41.4. The minimum Gasteiger partial charge on any atom is -0.610 e. The number of phenols is 1. The summed E-state index contributed by atoms with van der Waals surface area (Å²) in [7, 11) is 0. The summed E-state index contributed by atoms with van der Waals surface area (Å²) in [6.07, 6.45) is -2.46. The van der Waals surface area contributed by atoms with Gasteiger partial charge in [-0.15, -0.1) is 0 Å². The van der Waals surface area contributed by atoms with Gasteiger partial charge in [-0.3, -0.25) is 43.2 Å². The van der Waals surface area contributed by atoms with Crippen LogP contribution in [-0.2, 0) is 65.5 Å². The lowest BCUT2D eigenvalue weighted by atomic mass is 9.93. The normalized spacial score (nSPS) is 26.1. The molecule has 1 aromatic heterocycles. The number of nitrogens with zero attached hydrogens (tertiary/aromatic N) is 1. The van der Waals surface area contributed by atoms with E-state index in [-0.39, 0.29) is 33.8 Å². The zero-order valence-corrected chi connectivity index (χ0v) is 42.2. The van der Waals surface area contributed by atoms with E-state index in [4.69, 9.17) is 16.2 Å². The van der Waals surface area contributed by atoms with Crippen LogP contribution in [0.4, 0.5) is 4.79 Å². The molecule has 1 fully saturated rings. The lowest BCUT2D eigenvalue weighted by molar-refractivity contribution is -0.144. The predicted molar refractivity (Wildman–Crippen MR) is 262 cm³/mol. The second kappa shape index (κ2) is 27.0. The number of hydrogen-bond acceptors (Lipinski definition) is 16. The Kier molecular flexibility index (Phi) is 21.2. The molecule has 5 rings (SSSR count). The van der Waals surface area contributed by atoms with Gasteiger partial charge in [0.05, 0.1) is 37.2 Å². The van der Waals surface area contributed by atoms with Crippen molar-refractivity contribution in [2.24, 2.45) is 23.3 Å². The molecule has 11 atom stereocenters. The number of unbranched alkanes of at least 4 members (excludes halogenated alkanes) is 3. The minimum atomic E-state index is -2.41. The van der Waals surface area contributed by atoms with Gasteiger partial charge in [-0.1, -0.05) is 40.0 Å². The number of aliphatic hydroxyl groups is 2. The minimum absolute atomic E-state index is 0.0601. The summed E-state index contributed by atoms with van der Waals surface area (Å²) in [4.78, 5) is 142. The van der Waals surface area contributed by atoms with Crippen LogP contribution in [0, 0.1) is 11.8 Å². The number of aromatic nitrogens is 1. The number of fused-ring (bicyclic) bond motifs is 5. The van der Waals surface area contributed by atoms with Crippen molar-refractivity contribution in [2.45, 2.75) is 126 Å². The van der Waals surface area contributed by atoms with Gasteiger partial charge < -0.3 is 88.5 Å². The van der Waals surface area contributed by atoms with E-state index < -0.39 is 182 Å². The molecule has 16 N–H and O–H groups in total. The van der Waals surface area contributed by atoms with Crippen molar-refractivity contribution in [2.75, 3.05) is 45.1 Å². The second-order valence-corrected chi connectivity index (χ2v) is 20.1. The number of nitrogens with two attached hydrogens (primary N) is 2. The Hall–Kier alpha value is -6.75. The maximum Gasteiger partial charge on any atom is 0.407 e. The van der Waals surface area contributed by atoms with Crippen LogP contribution in [0.3, 0.4) is 0 Å². The van der Waals surface area contributed by atoms with E-state index in [2.05, 4.69) is 47.5 Å². The molecule has 0 radical (unpaired) electrons. The largest absolute Gasteiger partial charge is 0.610 e. The first-order chi connectivity index (χ1) is 35.1. The van der Waals surface area contributed by atoms with Crippen molar-refractivity contribution in [3.8, 4) is 5.75 Å². The molecule has 3 aliphatic heterocycles. The number of hydrogen-bond donors (Lipinski definition) is 14. The summed E-state index contributed by atoms with van der Waals surface area (Å²) >= 11 is -2.41. The molecule has 2 unspecified atom stereocenters. The summed E-state index contributed by atoms with van der Waals surface area (Å²) in [6, 6.07) is -6.25. The maximum absolute atomic E-state index is 14.8. The molecule has 4 heterocycles. The fourth-order valence-corrected chi connectivity index (χ4v) is 10.1. The number of aromatic hydroxyl groups is 1. The molecule has 27 nitrogen and oxygen atoms in total. The summed E-state index contributed by atoms with van der Waals surface area (Å²) in [5, 5.41) is 52.6. The molecule has 0 aliphatic carbocycles. The van der Waals surface area contributed by atoms with Crippen molar-refractivity contribution in [3.63, 3.8) is 0 Å². The van der Waals surface area contributed by atoms with Crippen LogP contribution in [-0.4, -0.2) is 183 Å². The molecule has 28 heteroatoms. The molecule has 1 aromatic carbocycles. The Labute approximate surface area is 428 Å². The predicted octanol–water partition coefficient (Wildman–Crippen LogP) is -4.67. The molecular formula is C46H68N12O15S. The first-order valence-corrected chi connectivity index (χ1v) is 25.8. The third kappa shape index (κ3) is 15.6. The second-order valence-electron chi connectivity index (χ2n) is 18.7. The number of primary amides is 1. The number of ether oxygens (including phenoxy) is 1. The smallest absolute Gasteiger partial charge is 0.407 e. The number of carbonyl (C=O) groups excluding carboxylic acids is 10. The van der Waals surface area contributed by atoms with E-state index in [0.29, 0.717) is 19.4 Å². The standard InChI is InChI=1S/C46H68N12O15S/c1-4-22(2)37-42(68)51-17-35(63)52-31-21-74(72)44-27(26-10-9-24(59)13-28(26)55-44)15-29(39(65)50-18-36(64)56-37)53-43(69)38(23(3)33(61)20-73-46(71)49-12-8-6-5-7-11-47)57-41(67)32-14-25(60)19-58(32)45(70)30(16-34(48)62)54-40(31)66/h9-10,13,22-23,25,29-33,37-38,55,59-61H,4-8,11-12,14-21,47H2,1-3H3,(H2,48,62)(H,49,71)(H,50,65)(H,51,68)(H,52,63)(H,53,69)(H,54,66)(H,56,64)(H,57,67)/t22-,23-,25?,29+,30-,31?,32-,33-,37-,38-,74+/m0/s1. The van der Waals surface area contributed by atoms with Gasteiger partial charge in [-0.2, -0.15) is 0 Å². The van der Waals surface area contributed by atoms with E-state index in [1.54, 1.807) is 13.8 Å². The van der Waals surface area contributed by atoms with Gasteiger partial charge in [0.15, 0.2) is 6.04 Å². The van der Waals surface area contributed by atoms with Gasteiger partial charge in [0, 0.05) is 60.0 Å². The van der Waals surface area contributed by atoms with Crippen molar-refractivity contribution in [3.05, 3.63) is 23.8 Å². The van der Waals surface area contributed by atoms with Crippen LogP contribution in [0.5, 0.6) is 5.75 Å². The van der Waals surface area contributed by atoms with Crippen molar-refractivity contribution in [1.29, 1.82) is 0 Å². The summed E-state index contributed by atoms with van der Waals surface area (Å²) in [5.41, 5.74) is 11.3. The quantitative estimate of drug-likeness (QED) is 0.0625. The Morgan fingerprint density at radius 2 is 1.57 bits per heavy atom. The molecule has 408 valence electrons. The molecule has 2 bridgehead atoms. The van der Waals surface area contributed by atoms with Gasteiger partial charge in [-0.05, 0) is 37.4 Å². The fraction of sp³-hybridized carbons (Fsp3) is 0.609. The molecule has 10 amide bonds. The molecule has 2 aromatic rings. The number of rotatable bonds is 14. The van der Waals surface area contributed by atoms with Crippen LogP contribution >= 0.6 is 0 Å². The highest BCUT2D eigenvalue weighted by molar-refractivity contribution is 7.91. The fourth-order valence-electron chi connectivity index (χ4n) is 8.71. The summed E-state index contributed by atoms with van der Waals surface area (Å²) in [5.74, 6) is -12.3. The van der Waals surface area contributed by atoms with Crippen molar-refractivity contribution in [1.82, 2.24) is 52.4 Å². The molecule has 0 saturated carbocycles. The number of benzene rings is 1. The SMILES string of the molecule is CC[C@H](C)[C@@H]1NC(=O)CNC(=O)[C@H]2Cc3c([nH]c4cc(O)ccc34)[S@+]([O-])CC(NC(=O)CNC1=O)C(=O)N[C@@H](CC(N)=O)C(=O)N1CC(O)C[C@H]1C(=O)N[C@@H]([C@@H](C)[C@@H](O)COC(=O)NCCCCCCN)C(=O)N2. The van der Waals surface area contributed by atoms with Gasteiger partial charge in [0.2, 0.25) is 58.2 Å². The van der Waals surface area contributed by atoms with Crippen molar-refractivity contribution >= 4 is 81.3 Å². The van der Waals surface area contributed by atoms with Crippen LogP contribution in [0.2, 0.25) is 0 Å². The maximum atomic E-state index is 14.8. The average molecular weight is 1060 g/mol. The number of phenolic OH excluding ortho intramolecular Hbond substituents is 1. The average Bonchev–Trinajstić information content (AvgIpc) is 3.93. The highest BCUT2D eigenvalue weighted by Crippen LogP contribution is 2.31. The highest BCUT2D eigenvalue weighted by atomic mass is 32.2. The Morgan fingerprint density at radius 3 is 2.26 bits per heavy atom. The lowest BCUT2D eigenvalue weighted by Gasteiger charge is -2.33. The number of alkyl carbamates (subject to hydrolysis) is 1. The van der Waals surface area contributed by atoms with Gasteiger partial charge in [0.25, 0.3) is 0 Å². The molecule has 1 saturated heterocycles. The molecular weight excluding hydrogens is 993 g/mol. The van der Waals surface area contributed by atoms with E-state index in [0.717, 1.165) is 24.2 Å². The van der Waals surface area contributed by atoms with E-state index in [9.17, 15) is 67.8 Å². The van der Waals surface area contributed by atoms with Crippen LogP contribution in [0.25, 0.3) is 10.9 Å². The third-order valence-corrected chi connectivity index (χ3v) is 14.6. The van der Waals surface area contributed by atoms with Crippen LogP contribution in [0.1, 0.15) is 71.3 Å². The number of carbonyl (C=O) groups is 10. The third-order valence-electron chi connectivity index (χ3n) is 13.1. The monoisotopic (exact) mass is 1060 g/mol. The Balaban J connectivity index is 1.65. The molecule has 0 spiro atoms. The number of H-pyrrole nitrogens is 1. The number of amides is 10. The Bertz CT molecular complexity index is 2410. The number of aromatic amines is 1. The van der Waals surface area contributed by atoms with Gasteiger partial charge >= 0.3 is 6.09 Å². The number of aliphatic hydroxyl groups excluding tert-OH is 2. The zero-order chi connectivity index (χ0) is 54.4. The first-order valence-electron chi connectivity index (χ1n) is 24.4. The number of nitrogens with one attached hydrogen (secondary N) is 9. The van der Waals surface area contributed by atoms with Crippen LogP contribution in [0.15, 0.2) is 23.2 Å². The van der Waals surface area contributed by atoms with Gasteiger partial charge in [-0.25, -0.2) is 4.79 Å². The van der Waals surface area contributed by atoms with E-state index in [1.165, 1.54) is 25.1 Å². The topological polar surface area (TPSA) is 431 Å². The summed E-state index contributed by atoms with van der Waals surface area (Å²) in [6.45, 7) is 2.65.